The lowest BCUT2D eigenvalue weighted by molar-refractivity contribution is 0.107. The molecule has 6 heterocycles. The van der Waals surface area contributed by atoms with Crippen LogP contribution in [0.5, 0.6) is 11.8 Å². The highest BCUT2D eigenvalue weighted by Crippen LogP contribution is 2.51. The molecule has 0 bridgehead atoms. The van der Waals surface area contributed by atoms with Crippen molar-refractivity contribution in [2.24, 2.45) is 7.05 Å². The third kappa shape index (κ3) is 4.68. The van der Waals surface area contributed by atoms with Gasteiger partial charge in [0.2, 0.25) is 0 Å². The molecule has 2 atom stereocenters. The topological polar surface area (TPSA) is 144 Å². The zero-order valence-electron chi connectivity index (χ0n) is 25.7. The van der Waals surface area contributed by atoms with Gasteiger partial charge in [0.05, 0.1) is 45.0 Å². The molecule has 248 valence electrons. The van der Waals surface area contributed by atoms with Crippen molar-refractivity contribution in [3.63, 3.8) is 0 Å². The molecule has 3 aliphatic heterocycles. The molecule has 2 saturated heterocycles. The van der Waals surface area contributed by atoms with E-state index in [4.69, 9.17) is 37.5 Å². The summed E-state index contributed by atoms with van der Waals surface area (Å²) >= 11 is 7.90. The Morgan fingerprint density at radius 1 is 1.23 bits per heavy atom. The maximum absolute atomic E-state index is 17.1. The number of rotatable bonds is 6. The van der Waals surface area contributed by atoms with Gasteiger partial charge in [0.25, 0.3) is 0 Å². The Bertz CT molecular complexity index is 2190. The molecule has 2 aromatic carbocycles. The van der Waals surface area contributed by atoms with Crippen molar-refractivity contribution >= 4 is 60.6 Å². The van der Waals surface area contributed by atoms with Gasteiger partial charge in [-0.3, -0.25) is 9.58 Å². The van der Waals surface area contributed by atoms with E-state index < -0.39 is 23.3 Å². The summed E-state index contributed by atoms with van der Waals surface area (Å²) < 4.78 is 60.8. The average Bonchev–Trinajstić information content (AvgIpc) is 3.74. The average molecular weight is 696 g/mol. The molecule has 8 rings (SSSR count). The summed E-state index contributed by atoms with van der Waals surface area (Å²) in [5.74, 6) is -0.656. The molecule has 3 aromatic heterocycles. The van der Waals surface area contributed by atoms with E-state index >= 15 is 4.39 Å². The predicted molar refractivity (Wildman–Crippen MR) is 177 cm³/mol. The molecule has 3 aliphatic rings. The van der Waals surface area contributed by atoms with Crippen molar-refractivity contribution in [3.8, 4) is 29.0 Å². The Labute approximate surface area is 281 Å². The second-order valence-electron chi connectivity index (χ2n) is 12.5. The number of aromatic nitrogens is 4. The van der Waals surface area contributed by atoms with Gasteiger partial charge in [0, 0.05) is 37.0 Å². The van der Waals surface area contributed by atoms with Crippen LogP contribution >= 0.6 is 22.9 Å². The summed E-state index contributed by atoms with van der Waals surface area (Å²) in [6.07, 6.45) is 1.05. The highest BCUT2D eigenvalue weighted by molar-refractivity contribution is 7.23. The van der Waals surface area contributed by atoms with Crippen molar-refractivity contribution in [2.75, 3.05) is 49.2 Å². The third-order valence-electron chi connectivity index (χ3n) is 9.63. The maximum atomic E-state index is 17.1. The van der Waals surface area contributed by atoms with Crippen molar-refractivity contribution < 1.29 is 22.6 Å². The Kier molecular flexibility index (Phi) is 7.24. The second-order valence-corrected chi connectivity index (χ2v) is 13.9. The van der Waals surface area contributed by atoms with Crippen LogP contribution in [0.1, 0.15) is 30.5 Å². The molecule has 0 unspecified atom stereocenters. The van der Waals surface area contributed by atoms with Crippen molar-refractivity contribution in [2.45, 2.75) is 37.5 Å². The quantitative estimate of drug-likeness (QED) is 0.231. The molecule has 2 fully saturated rings. The number of benzene rings is 2. The SMILES string of the molecule is Cn1nc(N)cc1CN1CCOc2c(Cl)c(-c3ccc(F)c4sc(N)c(C#N)c34)c(F)c3nc(OC[C@@]45CCCN4C[C@H](F)C5)nc1c23. The molecule has 0 spiro atoms. The fraction of sp³-hybridized carbons (Fsp3) is 0.375. The van der Waals surface area contributed by atoms with E-state index in [0.717, 1.165) is 36.4 Å². The summed E-state index contributed by atoms with van der Waals surface area (Å²) in [5.41, 5.74) is 12.2. The zero-order valence-corrected chi connectivity index (χ0v) is 27.3. The molecule has 48 heavy (non-hydrogen) atoms. The van der Waals surface area contributed by atoms with Gasteiger partial charge in [-0.25, -0.2) is 13.2 Å². The van der Waals surface area contributed by atoms with E-state index in [-0.39, 0.29) is 79.2 Å². The largest absolute Gasteiger partial charge is 0.489 e. The van der Waals surface area contributed by atoms with Crippen LogP contribution in [0.25, 0.3) is 32.1 Å². The number of ether oxygens (including phenoxy) is 2. The first kappa shape index (κ1) is 30.8. The van der Waals surface area contributed by atoms with Crippen molar-refractivity contribution in [1.82, 2.24) is 24.6 Å². The van der Waals surface area contributed by atoms with Gasteiger partial charge in [0.1, 0.15) is 53.4 Å². The van der Waals surface area contributed by atoms with Crippen LogP contribution in [-0.2, 0) is 13.6 Å². The summed E-state index contributed by atoms with van der Waals surface area (Å²) in [5, 5.41) is 14.5. The van der Waals surface area contributed by atoms with Crippen LogP contribution in [0.3, 0.4) is 0 Å². The van der Waals surface area contributed by atoms with E-state index in [1.165, 1.54) is 12.1 Å². The lowest BCUT2D eigenvalue weighted by Crippen LogP contribution is -2.43. The molecule has 16 heteroatoms. The number of nitriles is 1. The summed E-state index contributed by atoms with van der Waals surface area (Å²) in [4.78, 5) is 13.3. The number of nitrogens with two attached hydrogens (primary N) is 2. The van der Waals surface area contributed by atoms with E-state index in [2.05, 4.69) is 15.0 Å². The predicted octanol–water partition coefficient (Wildman–Crippen LogP) is 5.57. The number of thiophene rings is 1. The maximum Gasteiger partial charge on any atom is 0.319 e. The lowest BCUT2D eigenvalue weighted by Gasteiger charge is -2.31. The minimum Gasteiger partial charge on any atom is -0.489 e. The molecule has 0 aliphatic carbocycles. The van der Waals surface area contributed by atoms with Gasteiger partial charge in [-0.05, 0) is 31.0 Å². The first-order valence-electron chi connectivity index (χ1n) is 15.4. The molecular formula is C32H29ClF3N9O2S. The minimum absolute atomic E-state index is 0.0176. The van der Waals surface area contributed by atoms with Crippen molar-refractivity contribution in [1.29, 1.82) is 5.26 Å². The fourth-order valence-corrected chi connectivity index (χ4v) is 8.73. The molecule has 5 aromatic rings. The first-order valence-corrected chi connectivity index (χ1v) is 16.6. The van der Waals surface area contributed by atoms with Crippen LogP contribution in [0, 0.1) is 23.0 Å². The van der Waals surface area contributed by atoms with Crippen LogP contribution in [0.15, 0.2) is 18.2 Å². The molecule has 4 N–H and O–H groups in total. The van der Waals surface area contributed by atoms with Gasteiger partial charge in [-0.1, -0.05) is 17.7 Å². The smallest absolute Gasteiger partial charge is 0.319 e. The summed E-state index contributed by atoms with van der Waals surface area (Å²) in [6.45, 7) is 1.99. The van der Waals surface area contributed by atoms with Crippen LogP contribution in [0.2, 0.25) is 5.02 Å². The Morgan fingerprint density at radius 2 is 2.06 bits per heavy atom. The number of halogens is 4. The molecular weight excluding hydrogens is 667 g/mol. The monoisotopic (exact) mass is 695 g/mol. The number of alkyl halides is 1. The van der Waals surface area contributed by atoms with E-state index in [1.807, 2.05) is 11.0 Å². The lowest BCUT2D eigenvalue weighted by atomic mass is 9.95. The van der Waals surface area contributed by atoms with Gasteiger partial charge in [-0.2, -0.15) is 20.3 Å². The van der Waals surface area contributed by atoms with E-state index in [1.54, 1.807) is 17.8 Å². The Hall–Kier alpha value is -4.52. The number of hydrogen-bond acceptors (Lipinski definition) is 11. The van der Waals surface area contributed by atoms with Gasteiger partial charge in [0.15, 0.2) is 11.6 Å². The summed E-state index contributed by atoms with van der Waals surface area (Å²) in [6, 6.07) is 6.20. The number of nitrogen functional groups attached to an aromatic ring is 2. The summed E-state index contributed by atoms with van der Waals surface area (Å²) in [7, 11) is 1.77. The Balaban J connectivity index is 1.34. The third-order valence-corrected chi connectivity index (χ3v) is 11.0. The standard InChI is InChI=1S/C32H29ClF3N9O2S/c1-43-16(9-20(38)42-43)13-44-7-8-46-27-23-26(40-31(41-30(23)44)47-14-32-5-2-6-45(32)12-15(34)10-32)25(36)22(24(27)33)17-3-4-19(35)28-21(17)18(11-37)29(39)48-28/h3-4,9,15H,2,5-8,10,12-14,39H2,1H3,(H2,38,42)/t15-,32+/m1/s1. The van der Waals surface area contributed by atoms with Crippen LogP contribution in [-0.4, -0.2) is 69.2 Å². The van der Waals surface area contributed by atoms with Crippen LogP contribution in [0.4, 0.5) is 29.8 Å². The molecule has 0 amide bonds. The first-order chi connectivity index (χ1) is 23.1. The number of aryl methyl sites for hydroxylation is 1. The van der Waals surface area contributed by atoms with Gasteiger partial charge >= 0.3 is 6.01 Å². The zero-order chi connectivity index (χ0) is 33.5. The van der Waals surface area contributed by atoms with Gasteiger partial charge < -0.3 is 25.8 Å². The normalized spacial score (nSPS) is 20.7. The minimum atomic E-state index is -0.961. The van der Waals surface area contributed by atoms with Crippen LogP contribution < -0.4 is 25.8 Å². The van der Waals surface area contributed by atoms with E-state index in [9.17, 15) is 14.0 Å². The number of nitrogens with zero attached hydrogens (tertiary/aromatic N) is 7. The highest BCUT2D eigenvalue weighted by Gasteiger charge is 2.49. The molecule has 0 saturated carbocycles. The molecule has 0 radical (unpaired) electrons. The molecule has 11 nitrogen and oxygen atoms in total. The van der Waals surface area contributed by atoms with Crippen molar-refractivity contribution in [3.05, 3.63) is 46.1 Å². The Morgan fingerprint density at radius 3 is 2.83 bits per heavy atom. The number of fused-ring (bicyclic) bond motifs is 2. The number of hydrogen-bond donors (Lipinski definition) is 2. The second kappa shape index (κ2) is 11.3. The fourth-order valence-electron chi connectivity index (χ4n) is 7.45. The van der Waals surface area contributed by atoms with E-state index in [0.29, 0.717) is 31.1 Å². The highest BCUT2D eigenvalue weighted by atomic mass is 35.5. The number of anilines is 3. The van der Waals surface area contributed by atoms with Gasteiger partial charge in [-0.15, -0.1) is 11.3 Å².